The average Bonchev–Trinajstić information content (AvgIpc) is 2.46. The van der Waals surface area contributed by atoms with Gasteiger partial charge in [-0.2, -0.15) is 0 Å². The second-order valence-corrected chi connectivity index (χ2v) is 4.78. The van der Waals surface area contributed by atoms with E-state index in [0.29, 0.717) is 24.6 Å². The summed E-state index contributed by atoms with van der Waals surface area (Å²) in [6.07, 6.45) is 6.12. The molecule has 1 aliphatic rings. The minimum absolute atomic E-state index is 0.363. The lowest BCUT2D eigenvalue weighted by Crippen LogP contribution is -2.31. The zero-order valence-electron chi connectivity index (χ0n) is 11.3. The van der Waals surface area contributed by atoms with Gasteiger partial charge in [-0.25, -0.2) is 9.97 Å². The van der Waals surface area contributed by atoms with Crippen molar-refractivity contribution in [2.24, 2.45) is 5.73 Å². The van der Waals surface area contributed by atoms with Crippen molar-refractivity contribution >= 4 is 5.82 Å². The van der Waals surface area contributed by atoms with Crippen LogP contribution in [0.1, 0.15) is 25.7 Å². The molecule has 1 aliphatic carbocycles. The van der Waals surface area contributed by atoms with Crippen molar-refractivity contribution in [3.8, 4) is 5.88 Å². The van der Waals surface area contributed by atoms with E-state index in [0.717, 1.165) is 38.0 Å². The zero-order chi connectivity index (χ0) is 13.5. The Morgan fingerprint density at radius 3 is 2.84 bits per heavy atom. The molecule has 0 aliphatic heterocycles. The fourth-order valence-electron chi connectivity index (χ4n) is 2.21. The first-order valence-corrected chi connectivity index (χ1v) is 6.75. The normalized spacial score (nSPS) is 23.1. The molecule has 6 nitrogen and oxygen atoms in total. The molecule has 106 valence electrons. The minimum Gasteiger partial charge on any atom is -0.481 e. The molecule has 0 spiro atoms. The van der Waals surface area contributed by atoms with E-state index in [1.807, 2.05) is 0 Å². The molecule has 1 heterocycles. The highest BCUT2D eigenvalue weighted by atomic mass is 16.5. The first-order chi connectivity index (χ1) is 9.28. The summed E-state index contributed by atoms with van der Waals surface area (Å²) in [6, 6.07) is 2.13. The largest absolute Gasteiger partial charge is 0.481 e. The van der Waals surface area contributed by atoms with Crippen molar-refractivity contribution in [2.75, 3.05) is 25.6 Å². The Morgan fingerprint density at radius 1 is 1.32 bits per heavy atom. The van der Waals surface area contributed by atoms with E-state index < -0.39 is 0 Å². The van der Waals surface area contributed by atoms with Crippen molar-refractivity contribution in [3.63, 3.8) is 0 Å². The molecular weight excluding hydrogens is 244 g/mol. The third kappa shape index (κ3) is 4.65. The summed E-state index contributed by atoms with van der Waals surface area (Å²) >= 11 is 0. The van der Waals surface area contributed by atoms with Crippen LogP contribution in [0.2, 0.25) is 0 Å². The molecule has 1 fully saturated rings. The van der Waals surface area contributed by atoms with Crippen LogP contribution in [0.3, 0.4) is 0 Å². The number of aromatic nitrogens is 2. The van der Waals surface area contributed by atoms with Gasteiger partial charge in [-0.1, -0.05) is 0 Å². The van der Waals surface area contributed by atoms with Gasteiger partial charge < -0.3 is 20.5 Å². The Labute approximate surface area is 113 Å². The maximum absolute atomic E-state index is 5.86. The SMILES string of the molecule is COc1cc(NCCOC2CCC(N)CC2)ncn1. The van der Waals surface area contributed by atoms with Crippen molar-refractivity contribution < 1.29 is 9.47 Å². The third-order valence-electron chi connectivity index (χ3n) is 3.33. The van der Waals surface area contributed by atoms with Crippen LogP contribution in [-0.4, -0.2) is 42.4 Å². The molecule has 6 heteroatoms. The van der Waals surface area contributed by atoms with Crippen LogP contribution in [0, 0.1) is 0 Å². The van der Waals surface area contributed by atoms with Crippen LogP contribution in [0.4, 0.5) is 5.82 Å². The van der Waals surface area contributed by atoms with Crippen LogP contribution in [0.15, 0.2) is 12.4 Å². The van der Waals surface area contributed by atoms with E-state index in [4.69, 9.17) is 15.2 Å². The van der Waals surface area contributed by atoms with Crippen molar-refractivity contribution in [2.45, 2.75) is 37.8 Å². The van der Waals surface area contributed by atoms with E-state index in [2.05, 4.69) is 15.3 Å². The molecular formula is C13H22N4O2. The van der Waals surface area contributed by atoms with E-state index >= 15 is 0 Å². The van der Waals surface area contributed by atoms with Gasteiger partial charge in [0.15, 0.2) is 0 Å². The van der Waals surface area contributed by atoms with Crippen LogP contribution < -0.4 is 15.8 Å². The summed E-state index contributed by atoms with van der Waals surface area (Å²) in [7, 11) is 1.59. The molecule has 1 aromatic heterocycles. The Morgan fingerprint density at radius 2 is 2.11 bits per heavy atom. The monoisotopic (exact) mass is 266 g/mol. The summed E-state index contributed by atoms with van der Waals surface area (Å²) in [5.74, 6) is 1.31. The van der Waals surface area contributed by atoms with Gasteiger partial charge in [0.25, 0.3) is 0 Å². The van der Waals surface area contributed by atoms with Crippen LogP contribution >= 0.6 is 0 Å². The smallest absolute Gasteiger partial charge is 0.218 e. The number of anilines is 1. The van der Waals surface area contributed by atoms with Gasteiger partial charge in [-0.05, 0) is 25.7 Å². The lowest BCUT2D eigenvalue weighted by Gasteiger charge is -2.26. The second-order valence-electron chi connectivity index (χ2n) is 4.78. The highest BCUT2D eigenvalue weighted by Crippen LogP contribution is 2.19. The van der Waals surface area contributed by atoms with E-state index in [1.165, 1.54) is 6.33 Å². The fraction of sp³-hybridized carbons (Fsp3) is 0.692. The molecule has 0 unspecified atom stereocenters. The molecule has 0 saturated heterocycles. The Hall–Kier alpha value is -1.40. The number of nitrogens with two attached hydrogens (primary N) is 1. The molecule has 3 N–H and O–H groups in total. The van der Waals surface area contributed by atoms with E-state index in [9.17, 15) is 0 Å². The van der Waals surface area contributed by atoms with Gasteiger partial charge >= 0.3 is 0 Å². The summed E-state index contributed by atoms with van der Waals surface area (Å²) in [5.41, 5.74) is 5.86. The average molecular weight is 266 g/mol. The standard InChI is InChI=1S/C13H22N4O2/c1-18-13-8-12(16-9-17-13)15-6-7-19-11-4-2-10(14)3-5-11/h8-11H,2-7,14H2,1H3,(H,15,16,17). The predicted octanol–water partition coefficient (Wildman–Crippen LogP) is 1.18. The number of hydrogen-bond acceptors (Lipinski definition) is 6. The van der Waals surface area contributed by atoms with E-state index in [1.54, 1.807) is 13.2 Å². The summed E-state index contributed by atoms with van der Waals surface area (Å²) < 4.78 is 10.8. The fourth-order valence-corrected chi connectivity index (χ4v) is 2.21. The van der Waals surface area contributed by atoms with Crippen molar-refractivity contribution in [3.05, 3.63) is 12.4 Å². The minimum atomic E-state index is 0.363. The highest BCUT2D eigenvalue weighted by Gasteiger charge is 2.18. The summed E-state index contributed by atoms with van der Waals surface area (Å²) in [5, 5.41) is 3.19. The number of rotatable bonds is 6. The number of nitrogens with zero attached hydrogens (tertiary/aromatic N) is 2. The van der Waals surface area contributed by atoms with E-state index in [-0.39, 0.29) is 0 Å². The van der Waals surface area contributed by atoms with Crippen LogP contribution in [0.25, 0.3) is 0 Å². The molecule has 0 amide bonds. The van der Waals surface area contributed by atoms with Gasteiger partial charge in [0, 0.05) is 18.7 Å². The molecule has 0 aromatic carbocycles. The third-order valence-corrected chi connectivity index (χ3v) is 3.33. The summed E-state index contributed by atoms with van der Waals surface area (Å²) in [6.45, 7) is 1.40. The van der Waals surface area contributed by atoms with Crippen molar-refractivity contribution in [1.82, 2.24) is 9.97 Å². The Balaban J connectivity index is 1.63. The molecule has 0 bridgehead atoms. The topological polar surface area (TPSA) is 82.3 Å². The number of hydrogen-bond donors (Lipinski definition) is 2. The highest BCUT2D eigenvalue weighted by molar-refractivity contribution is 5.36. The summed E-state index contributed by atoms with van der Waals surface area (Å²) in [4.78, 5) is 8.06. The van der Waals surface area contributed by atoms with Gasteiger partial charge in [-0.15, -0.1) is 0 Å². The Bertz CT molecular complexity index is 381. The molecule has 0 atom stereocenters. The van der Waals surface area contributed by atoms with Crippen molar-refractivity contribution in [1.29, 1.82) is 0 Å². The lowest BCUT2D eigenvalue weighted by molar-refractivity contribution is 0.0313. The van der Waals surface area contributed by atoms with Crippen LogP contribution in [0.5, 0.6) is 5.88 Å². The molecule has 1 saturated carbocycles. The number of methoxy groups -OCH3 is 1. The number of nitrogens with one attached hydrogen (secondary N) is 1. The quantitative estimate of drug-likeness (QED) is 0.752. The van der Waals surface area contributed by atoms with Crippen LogP contribution in [-0.2, 0) is 4.74 Å². The molecule has 19 heavy (non-hydrogen) atoms. The van der Waals surface area contributed by atoms with Gasteiger partial charge in [0.2, 0.25) is 5.88 Å². The second kappa shape index (κ2) is 7.25. The number of ether oxygens (including phenoxy) is 2. The Kier molecular flexibility index (Phi) is 5.35. The molecule has 1 aromatic rings. The van der Waals surface area contributed by atoms with Gasteiger partial charge in [0.05, 0.1) is 19.8 Å². The van der Waals surface area contributed by atoms with Gasteiger partial charge in [-0.3, -0.25) is 0 Å². The maximum Gasteiger partial charge on any atom is 0.218 e. The lowest BCUT2D eigenvalue weighted by atomic mass is 9.94. The zero-order valence-corrected chi connectivity index (χ0v) is 11.3. The predicted molar refractivity (Wildman–Crippen MR) is 73.3 cm³/mol. The first-order valence-electron chi connectivity index (χ1n) is 6.75. The van der Waals surface area contributed by atoms with Gasteiger partial charge in [0.1, 0.15) is 12.1 Å². The maximum atomic E-state index is 5.86. The molecule has 2 rings (SSSR count). The first kappa shape index (κ1) is 14.0. The molecule has 0 radical (unpaired) electrons.